The molecule has 0 aliphatic rings. The third kappa shape index (κ3) is 1.42. The van der Waals surface area contributed by atoms with Crippen molar-refractivity contribution in [3.05, 3.63) is 23.6 Å². The predicted molar refractivity (Wildman–Crippen MR) is 56.0 cm³/mol. The zero-order valence-corrected chi connectivity index (χ0v) is 9.03. The van der Waals surface area contributed by atoms with Crippen molar-refractivity contribution in [1.82, 2.24) is 4.57 Å². The van der Waals surface area contributed by atoms with Crippen LogP contribution in [0.25, 0.3) is 11.1 Å². The molecule has 15 heavy (non-hydrogen) atoms. The molecule has 4 nitrogen and oxygen atoms in total. The van der Waals surface area contributed by atoms with Crippen LogP contribution in [0, 0.1) is 6.92 Å². The maximum atomic E-state index is 11.5. The lowest BCUT2D eigenvalue weighted by Gasteiger charge is -2.04. The van der Waals surface area contributed by atoms with E-state index in [0.29, 0.717) is 12.2 Å². The molecule has 0 spiro atoms. The first-order valence-electron chi connectivity index (χ1n) is 4.85. The number of nitrogens with zero attached hydrogens (tertiary/aromatic N) is 1. The Labute approximate surface area is 87.4 Å². The van der Waals surface area contributed by atoms with Crippen LogP contribution in [0.5, 0.6) is 0 Å². The minimum atomic E-state index is -0.332. The van der Waals surface area contributed by atoms with Gasteiger partial charge >= 0.3 is 5.97 Å². The topological polar surface area (TPSA) is 44.4 Å². The molecular formula is C11H13NO3. The van der Waals surface area contributed by atoms with Crippen LogP contribution in [0.4, 0.5) is 0 Å². The average Bonchev–Trinajstić information content (AvgIpc) is 2.71. The fourth-order valence-corrected chi connectivity index (χ4v) is 1.78. The summed E-state index contributed by atoms with van der Waals surface area (Å²) in [4.78, 5) is 11.5. The molecule has 0 aliphatic carbocycles. The van der Waals surface area contributed by atoms with Gasteiger partial charge in [0, 0.05) is 18.7 Å². The second-order valence-corrected chi connectivity index (χ2v) is 3.37. The highest BCUT2D eigenvalue weighted by molar-refractivity contribution is 5.94. The molecule has 0 unspecified atom stereocenters. The molecule has 0 saturated heterocycles. The van der Waals surface area contributed by atoms with Crippen LogP contribution in [0.2, 0.25) is 0 Å². The Morgan fingerprint density at radius 3 is 2.87 bits per heavy atom. The standard InChI is InChI=1S/C11H13NO3/c1-4-12-8-5-7(2)15-10(8)6-9(12)11(13)14-3/h5-6H,4H2,1-3H3. The summed E-state index contributed by atoms with van der Waals surface area (Å²) >= 11 is 0. The first-order valence-corrected chi connectivity index (χ1v) is 4.85. The normalized spacial score (nSPS) is 10.9. The fraction of sp³-hybridized carbons (Fsp3) is 0.364. The Bertz CT molecular complexity index is 507. The number of carbonyl (C=O) groups is 1. The summed E-state index contributed by atoms with van der Waals surface area (Å²) in [6.07, 6.45) is 0. The zero-order chi connectivity index (χ0) is 11.0. The highest BCUT2D eigenvalue weighted by Crippen LogP contribution is 2.23. The smallest absolute Gasteiger partial charge is 0.354 e. The molecule has 0 fully saturated rings. The van der Waals surface area contributed by atoms with Crippen LogP contribution in [-0.2, 0) is 11.3 Å². The second-order valence-electron chi connectivity index (χ2n) is 3.37. The van der Waals surface area contributed by atoms with Crippen LogP contribution >= 0.6 is 0 Å². The molecule has 4 heteroatoms. The largest absolute Gasteiger partial charge is 0.464 e. The molecule has 0 N–H and O–H groups in total. The number of hydrogen-bond acceptors (Lipinski definition) is 3. The number of aromatic nitrogens is 1. The van der Waals surface area contributed by atoms with E-state index in [1.165, 1.54) is 7.11 Å². The summed E-state index contributed by atoms with van der Waals surface area (Å²) in [5, 5.41) is 0. The molecule has 2 aromatic heterocycles. The Morgan fingerprint density at radius 1 is 1.53 bits per heavy atom. The van der Waals surface area contributed by atoms with Crippen molar-refractivity contribution < 1.29 is 13.9 Å². The Morgan fingerprint density at radius 2 is 2.27 bits per heavy atom. The lowest BCUT2D eigenvalue weighted by Crippen LogP contribution is -2.09. The van der Waals surface area contributed by atoms with Crippen LogP contribution in [0.15, 0.2) is 16.5 Å². The molecule has 0 atom stereocenters. The van der Waals surface area contributed by atoms with E-state index in [0.717, 1.165) is 16.9 Å². The highest BCUT2D eigenvalue weighted by Gasteiger charge is 2.17. The first-order chi connectivity index (χ1) is 7.17. The van der Waals surface area contributed by atoms with Gasteiger partial charge in [-0.05, 0) is 13.8 Å². The molecular weight excluding hydrogens is 194 g/mol. The van der Waals surface area contributed by atoms with Gasteiger partial charge in [0.1, 0.15) is 11.5 Å². The molecule has 2 rings (SSSR count). The monoisotopic (exact) mass is 207 g/mol. The number of rotatable bonds is 2. The van der Waals surface area contributed by atoms with Crippen molar-refractivity contribution in [3.8, 4) is 0 Å². The SMILES string of the molecule is CCn1c(C(=O)OC)cc2oc(C)cc21. The van der Waals surface area contributed by atoms with Gasteiger partial charge < -0.3 is 13.7 Å². The van der Waals surface area contributed by atoms with Gasteiger partial charge in [0.05, 0.1) is 12.6 Å². The number of methoxy groups -OCH3 is 1. The van der Waals surface area contributed by atoms with Gasteiger partial charge in [0.25, 0.3) is 0 Å². The Hall–Kier alpha value is -1.71. The average molecular weight is 207 g/mol. The molecule has 0 saturated carbocycles. The number of ether oxygens (including phenoxy) is 1. The summed E-state index contributed by atoms with van der Waals surface area (Å²) in [5.74, 6) is 0.513. The summed E-state index contributed by atoms with van der Waals surface area (Å²) in [6, 6.07) is 3.64. The Kier molecular flexibility index (Phi) is 2.26. The van der Waals surface area contributed by atoms with Crippen LogP contribution in [0.1, 0.15) is 23.2 Å². The molecule has 80 valence electrons. The third-order valence-electron chi connectivity index (χ3n) is 2.42. The van der Waals surface area contributed by atoms with Crippen molar-refractivity contribution in [2.75, 3.05) is 7.11 Å². The van der Waals surface area contributed by atoms with E-state index in [9.17, 15) is 4.79 Å². The van der Waals surface area contributed by atoms with E-state index in [1.807, 2.05) is 24.5 Å². The van der Waals surface area contributed by atoms with Crippen LogP contribution < -0.4 is 0 Å². The fourth-order valence-electron chi connectivity index (χ4n) is 1.78. The van der Waals surface area contributed by atoms with Gasteiger partial charge in [-0.1, -0.05) is 0 Å². The summed E-state index contributed by atoms with van der Waals surface area (Å²) < 4.78 is 12.1. The number of fused-ring (bicyclic) bond motifs is 1. The minimum absolute atomic E-state index is 0.332. The molecule has 2 heterocycles. The van der Waals surface area contributed by atoms with E-state index in [2.05, 4.69) is 0 Å². The van der Waals surface area contributed by atoms with Crippen molar-refractivity contribution in [3.63, 3.8) is 0 Å². The summed E-state index contributed by atoms with van der Waals surface area (Å²) in [5.41, 5.74) is 2.21. The van der Waals surface area contributed by atoms with Gasteiger partial charge in [0.2, 0.25) is 0 Å². The summed E-state index contributed by atoms with van der Waals surface area (Å²) in [7, 11) is 1.38. The highest BCUT2D eigenvalue weighted by atomic mass is 16.5. The Balaban J connectivity index is 2.65. The summed E-state index contributed by atoms with van der Waals surface area (Å²) in [6.45, 7) is 4.58. The number of hydrogen-bond donors (Lipinski definition) is 0. The van der Waals surface area contributed by atoms with E-state index in [-0.39, 0.29) is 5.97 Å². The number of carbonyl (C=O) groups excluding carboxylic acids is 1. The molecule has 0 aromatic carbocycles. The third-order valence-corrected chi connectivity index (χ3v) is 2.42. The number of esters is 1. The van der Waals surface area contributed by atoms with E-state index >= 15 is 0 Å². The lowest BCUT2D eigenvalue weighted by atomic mass is 10.4. The molecule has 0 bridgehead atoms. The first kappa shape index (κ1) is 9.83. The van der Waals surface area contributed by atoms with Gasteiger partial charge in [-0.15, -0.1) is 0 Å². The van der Waals surface area contributed by atoms with Crippen molar-refractivity contribution in [2.24, 2.45) is 0 Å². The van der Waals surface area contributed by atoms with Crippen LogP contribution in [-0.4, -0.2) is 17.6 Å². The predicted octanol–water partition coefficient (Wildman–Crippen LogP) is 2.35. The van der Waals surface area contributed by atoms with Crippen molar-refractivity contribution in [2.45, 2.75) is 20.4 Å². The van der Waals surface area contributed by atoms with Gasteiger partial charge in [-0.3, -0.25) is 0 Å². The molecule has 0 amide bonds. The van der Waals surface area contributed by atoms with Crippen molar-refractivity contribution in [1.29, 1.82) is 0 Å². The minimum Gasteiger partial charge on any atom is -0.464 e. The zero-order valence-electron chi connectivity index (χ0n) is 9.03. The van der Waals surface area contributed by atoms with Crippen LogP contribution in [0.3, 0.4) is 0 Å². The second kappa shape index (κ2) is 3.46. The lowest BCUT2D eigenvalue weighted by molar-refractivity contribution is 0.0589. The van der Waals surface area contributed by atoms with E-state index in [4.69, 9.17) is 9.15 Å². The molecule has 0 aliphatic heterocycles. The maximum absolute atomic E-state index is 11.5. The van der Waals surface area contributed by atoms with Gasteiger partial charge in [0.15, 0.2) is 5.58 Å². The number of aryl methyl sites for hydroxylation is 2. The van der Waals surface area contributed by atoms with E-state index < -0.39 is 0 Å². The van der Waals surface area contributed by atoms with Gasteiger partial charge in [-0.2, -0.15) is 0 Å². The number of furan rings is 1. The van der Waals surface area contributed by atoms with Crippen molar-refractivity contribution >= 4 is 17.1 Å². The quantitative estimate of drug-likeness (QED) is 0.710. The van der Waals surface area contributed by atoms with Gasteiger partial charge in [-0.25, -0.2) is 4.79 Å². The maximum Gasteiger partial charge on any atom is 0.354 e. The molecule has 0 radical (unpaired) electrons. The molecule has 2 aromatic rings. The van der Waals surface area contributed by atoms with E-state index in [1.54, 1.807) is 6.07 Å².